The molecule has 1 saturated carbocycles. The Morgan fingerprint density at radius 2 is 1.75 bits per heavy atom. The molecule has 20 heavy (non-hydrogen) atoms. The number of methoxy groups -OCH3 is 2. The van der Waals surface area contributed by atoms with Gasteiger partial charge >= 0.3 is 0 Å². The van der Waals surface area contributed by atoms with Crippen molar-refractivity contribution in [3.05, 3.63) is 0 Å². The third-order valence-electron chi connectivity index (χ3n) is 5.29. The van der Waals surface area contributed by atoms with Gasteiger partial charge in [-0.25, -0.2) is 0 Å². The zero-order valence-corrected chi connectivity index (χ0v) is 13.8. The highest BCUT2D eigenvalue weighted by Gasteiger charge is 2.43. The molecule has 4 atom stereocenters. The van der Waals surface area contributed by atoms with E-state index < -0.39 is 0 Å². The van der Waals surface area contributed by atoms with E-state index in [4.69, 9.17) is 9.47 Å². The lowest BCUT2D eigenvalue weighted by Gasteiger charge is -2.33. The molecule has 0 radical (unpaired) electrons. The van der Waals surface area contributed by atoms with Crippen LogP contribution in [-0.2, 0) is 9.47 Å². The van der Waals surface area contributed by atoms with Crippen LogP contribution in [0.5, 0.6) is 0 Å². The molecule has 0 aromatic heterocycles. The summed E-state index contributed by atoms with van der Waals surface area (Å²) >= 11 is 0. The van der Waals surface area contributed by atoms with Crippen molar-refractivity contribution >= 4 is 0 Å². The zero-order chi connectivity index (χ0) is 14.8. The van der Waals surface area contributed by atoms with Gasteiger partial charge in [-0.2, -0.15) is 0 Å². The molecule has 2 aliphatic rings. The lowest BCUT2D eigenvalue weighted by Crippen LogP contribution is -2.45. The molecule has 0 bridgehead atoms. The Balaban J connectivity index is 1.93. The van der Waals surface area contributed by atoms with Crippen LogP contribution in [0.1, 0.15) is 33.6 Å². The summed E-state index contributed by atoms with van der Waals surface area (Å²) in [5.74, 6) is 0.748. The Hall–Kier alpha value is -0.160. The van der Waals surface area contributed by atoms with E-state index in [9.17, 15) is 0 Å². The second-order valence-electron chi connectivity index (χ2n) is 7.09. The average molecular weight is 284 g/mol. The summed E-state index contributed by atoms with van der Waals surface area (Å²) in [4.78, 5) is 2.53. The monoisotopic (exact) mass is 284 g/mol. The Morgan fingerprint density at radius 3 is 2.25 bits per heavy atom. The van der Waals surface area contributed by atoms with Crippen LogP contribution in [-0.4, -0.2) is 63.5 Å². The molecule has 2 rings (SSSR count). The first-order valence-electron chi connectivity index (χ1n) is 8.03. The minimum atomic E-state index is 0.229. The number of nitrogens with zero attached hydrogens (tertiary/aromatic N) is 1. The molecule has 4 nitrogen and oxygen atoms in total. The molecule has 0 spiro atoms. The smallest absolute Gasteiger partial charge is 0.0971 e. The van der Waals surface area contributed by atoms with Crippen LogP contribution in [0.15, 0.2) is 0 Å². The maximum absolute atomic E-state index is 5.54. The first-order valence-corrected chi connectivity index (χ1v) is 8.03. The standard InChI is InChI=1S/C16H32N2O2/c1-6-17-15-12(7-8-16(15,2)3)9-18-10-13(19-4)14(11-18)20-5/h12-15,17H,6-11H2,1-5H3. The number of hydrogen-bond acceptors (Lipinski definition) is 4. The average Bonchev–Trinajstić information content (AvgIpc) is 2.94. The second kappa shape index (κ2) is 6.73. The predicted octanol–water partition coefficient (Wildman–Crippen LogP) is 1.75. The third-order valence-corrected chi connectivity index (χ3v) is 5.29. The number of nitrogens with one attached hydrogen (secondary N) is 1. The Morgan fingerprint density at radius 1 is 1.15 bits per heavy atom. The Bertz CT molecular complexity index is 297. The number of hydrogen-bond donors (Lipinski definition) is 1. The molecule has 1 aliphatic carbocycles. The first kappa shape index (κ1) is 16.2. The van der Waals surface area contributed by atoms with E-state index in [1.807, 2.05) is 0 Å². The first-order chi connectivity index (χ1) is 9.51. The zero-order valence-electron chi connectivity index (χ0n) is 13.8. The van der Waals surface area contributed by atoms with Gasteiger partial charge in [0.15, 0.2) is 0 Å². The van der Waals surface area contributed by atoms with Gasteiger partial charge in [0.1, 0.15) is 0 Å². The highest BCUT2D eigenvalue weighted by Crippen LogP contribution is 2.41. The van der Waals surface area contributed by atoms with E-state index in [-0.39, 0.29) is 12.2 Å². The molecule has 1 aliphatic heterocycles. The molecule has 1 heterocycles. The van der Waals surface area contributed by atoms with Gasteiger partial charge in [0.25, 0.3) is 0 Å². The van der Waals surface area contributed by atoms with Gasteiger partial charge in [-0.15, -0.1) is 0 Å². The van der Waals surface area contributed by atoms with Crippen molar-refractivity contribution < 1.29 is 9.47 Å². The molecule has 4 heteroatoms. The molecule has 118 valence electrons. The van der Waals surface area contributed by atoms with E-state index in [2.05, 4.69) is 31.0 Å². The molecule has 1 saturated heterocycles. The molecule has 1 N–H and O–H groups in total. The van der Waals surface area contributed by atoms with Crippen molar-refractivity contribution in [2.45, 2.75) is 51.9 Å². The Kier molecular flexibility index (Phi) is 5.46. The topological polar surface area (TPSA) is 33.7 Å². The van der Waals surface area contributed by atoms with Crippen molar-refractivity contribution in [2.75, 3.05) is 40.4 Å². The Labute approximate surface area is 124 Å². The quantitative estimate of drug-likeness (QED) is 0.806. The summed E-state index contributed by atoms with van der Waals surface area (Å²) in [5.41, 5.74) is 0.418. The van der Waals surface area contributed by atoms with Crippen LogP contribution in [0.4, 0.5) is 0 Å². The predicted molar refractivity (Wildman–Crippen MR) is 82.0 cm³/mol. The fourth-order valence-electron chi connectivity index (χ4n) is 4.13. The van der Waals surface area contributed by atoms with Crippen LogP contribution in [0.2, 0.25) is 0 Å². The van der Waals surface area contributed by atoms with Gasteiger partial charge in [-0.1, -0.05) is 20.8 Å². The van der Waals surface area contributed by atoms with Crippen LogP contribution in [0.25, 0.3) is 0 Å². The summed E-state index contributed by atoms with van der Waals surface area (Å²) in [6, 6.07) is 0.634. The van der Waals surface area contributed by atoms with Crippen LogP contribution in [0, 0.1) is 11.3 Å². The number of rotatable bonds is 6. The molecule has 2 fully saturated rings. The van der Waals surface area contributed by atoms with E-state index in [0.29, 0.717) is 11.5 Å². The largest absolute Gasteiger partial charge is 0.377 e. The minimum Gasteiger partial charge on any atom is -0.377 e. The van der Waals surface area contributed by atoms with Crippen molar-refractivity contribution in [3.63, 3.8) is 0 Å². The molecule has 0 aromatic carbocycles. The number of likely N-dealkylation sites (tertiary alicyclic amines) is 1. The van der Waals surface area contributed by atoms with E-state index in [1.54, 1.807) is 14.2 Å². The fraction of sp³-hybridized carbons (Fsp3) is 1.00. The fourth-order valence-corrected chi connectivity index (χ4v) is 4.13. The van der Waals surface area contributed by atoms with Gasteiger partial charge in [0, 0.05) is 39.9 Å². The van der Waals surface area contributed by atoms with Gasteiger partial charge in [-0.3, -0.25) is 4.90 Å². The molecule has 0 aromatic rings. The number of ether oxygens (including phenoxy) is 2. The summed E-state index contributed by atoms with van der Waals surface area (Å²) in [7, 11) is 3.58. The van der Waals surface area contributed by atoms with Crippen molar-refractivity contribution in [1.82, 2.24) is 10.2 Å². The summed E-state index contributed by atoms with van der Waals surface area (Å²) in [6.07, 6.45) is 3.11. The van der Waals surface area contributed by atoms with Gasteiger partial charge in [0.05, 0.1) is 12.2 Å². The van der Waals surface area contributed by atoms with Crippen molar-refractivity contribution in [2.24, 2.45) is 11.3 Å². The minimum absolute atomic E-state index is 0.229. The van der Waals surface area contributed by atoms with Crippen LogP contribution in [0.3, 0.4) is 0 Å². The summed E-state index contributed by atoms with van der Waals surface area (Å²) in [6.45, 7) is 11.3. The normalized spacial score (nSPS) is 37.6. The van der Waals surface area contributed by atoms with Crippen molar-refractivity contribution in [3.8, 4) is 0 Å². The second-order valence-corrected chi connectivity index (χ2v) is 7.09. The maximum atomic E-state index is 5.54. The summed E-state index contributed by atoms with van der Waals surface area (Å²) in [5, 5.41) is 3.72. The molecule has 0 amide bonds. The highest BCUT2D eigenvalue weighted by molar-refractivity contribution is 4.98. The van der Waals surface area contributed by atoms with E-state index >= 15 is 0 Å². The lowest BCUT2D eigenvalue weighted by molar-refractivity contribution is -0.00461. The van der Waals surface area contributed by atoms with Crippen LogP contribution >= 0.6 is 0 Å². The SMILES string of the molecule is CCNC1C(CN2CC(OC)C(OC)C2)CCC1(C)C. The van der Waals surface area contributed by atoms with E-state index in [0.717, 1.165) is 25.6 Å². The molecular formula is C16H32N2O2. The highest BCUT2D eigenvalue weighted by atomic mass is 16.5. The van der Waals surface area contributed by atoms with E-state index in [1.165, 1.54) is 19.4 Å². The third kappa shape index (κ3) is 3.35. The maximum Gasteiger partial charge on any atom is 0.0971 e. The lowest BCUT2D eigenvalue weighted by atomic mass is 9.84. The van der Waals surface area contributed by atoms with Crippen molar-refractivity contribution in [1.29, 1.82) is 0 Å². The van der Waals surface area contributed by atoms with Crippen LogP contribution < -0.4 is 5.32 Å². The summed E-state index contributed by atoms with van der Waals surface area (Å²) < 4.78 is 11.1. The molecular weight excluding hydrogens is 252 g/mol. The molecule has 4 unspecified atom stereocenters. The van der Waals surface area contributed by atoms with Gasteiger partial charge in [-0.05, 0) is 30.7 Å². The van der Waals surface area contributed by atoms with Gasteiger partial charge < -0.3 is 14.8 Å². The van der Waals surface area contributed by atoms with Gasteiger partial charge in [0.2, 0.25) is 0 Å².